The van der Waals surface area contributed by atoms with Gasteiger partial charge in [-0.2, -0.15) is 5.10 Å². The van der Waals surface area contributed by atoms with E-state index in [1.54, 1.807) is 12.1 Å². The van der Waals surface area contributed by atoms with Crippen molar-refractivity contribution in [3.8, 4) is 0 Å². The Hall–Kier alpha value is -2.43. The van der Waals surface area contributed by atoms with Crippen molar-refractivity contribution in [2.75, 3.05) is 6.54 Å². The van der Waals surface area contributed by atoms with Crippen LogP contribution in [0.5, 0.6) is 0 Å². The van der Waals surface area contributed by atoms with Crippen LogP contribution in [0.25, 0.3) is 0 Å². The molecule has 0 spiro atoms. The largest absolute Gasteiger partial charge is 0.350 e. The first-order valence-electron chi connectivity index (χ1n) is 7.58. The Morgan fingerprint density at radius 3 is 3.00 bits per heavy atom. The molecule has 0 saturated carbocycles. The van der Waals surface area contributed by atoms with E-state index in [2.05, 4.69) is 10.4 Å². The summed E-state index contributed by atoms with van der Waals surface area (Å²) in [4.78, 5) is 24.0. The van der Waals surface area contributed by atoms with E-state index < -0.39 is 0 Å². The van der Waals surface area contributed by atoms with Gasteiger partial charge in [0.15, 0.2) is 0 Å². The summed E-state index contributed by atoms with van der Waals surface area (Å²) >= 11 is 0. The van der Waals surface area contributed by atoms with Crippen molar-refractivity contribution in [1.29, 1.82) is 0 Å². The molecule has 0 unspecified atom stereocenters. The minimum Gasteiger partial charge on any atom is -0.350 e. The smallest absolute Gasteiger partial charge is 0.267 e. The lowest BCUT2D eigenvalue weighted by Crippen LogP contribution is -2.32. The number of carbonyl (C=O) groups is 1. The molecule has 1 aromatic heterocycles. The predicted octanol–water partition coefficient (Wildman–Crippen LogP) is 1.47. The fraction of sp³-hybridized carbons (Fsp3) is 0.353. The highest BCUT2D eigenvalue weighted by Crippen LogP contribution is 2.16. The number of aryl methyl sites for hydroxylation is 3. The number of hydrogen-bond acceptors (Lipinski definition) is 3. The van der Waals surface area contributed by atoms with Crippen LogP contribution >= 0.6 is 0 Å². The molecule has 0 bridgehead atoms. The van der Waals surface area contributed by atoms with Crippen molar-refractivity contribution in [3.05, 3.63) is 63.1 Å². The maximum Gasteiger partial charge on any atom is 0.267 e. The molecule has 0 radical (unpaired) electrons. The van der Waals surface area contributed by atoms with Gasteiger partial charge in [0.2, 0.25) is 0 Å². The average Bonchev–Trinajstić information content (AvgIpc) is 2.94. The first-order chi connectivity index (χ1) is 10.6. The Balaban J connectivity index is 1.62. The van der Waals surface area contributed by atoms with E-state index in [4.69, 9.17) is 0 Å². The Morgan fingerprint density at radius 2 is 2.18 bits per heavy atom. The van der Waals surface area contributed by atoms with Crippen LogP contribution in [0, 0.1) is 6.92 Å². The average molecular weight is 297 g/mol. The lowest BCUT2D eigenvalue weighted by molar-refractivity contribution is 0.0951. The minimum atomic E-state index is -0.127. The van der Waals surface area contributed by atoms with Crippen LogP contribution in [0.4, 0.5) is 0 Å². The van der Waals surface area contributed by atoms with Gasteiger partial charge in [-0.1, -0.05) is 17.7 Å². The molecule has 22 heavy (non-hydrogen) atoms. The van der Waals surface area contributed by atoms with Gasteiger partial charge in [-0.05, 0) is 43.9 Å². The highest BCUT2D eigenvalue weighted by molar-refractivity contribution is 5.94. The maximum atomic E-state index is 12.0. The summed E-state index contributed by atoms with van der Waals surface area (Å²) < 4.78 is 1.45. The second-order valence-corrected chi connectivity index (χ2v) is 5.66. The normalized spacial score (nSPS) is 13.0. The monoisotopic (exact) mass is 297 g/mol. The van der Waals surface area contributed by atoms with Gasteiger partial charge in [0.25, 0.3) is 11.5 Å². The molecule has 5 heteroatoms. The summed E-state index contributed by atoms with van der Waals surface area (Å²) in [5.41, 5.74) is 3.68. The summed E-state index contributed by atoms with van der Waals surface area (Å²) in [6.07, 6.45) is 2.95. The van der Waals surface area contributed by atoms with Crippen molar-refractivity contribution in [2.45, 2.75) is 32.7 Å². The van der Waals surface area contributed by atoms with Gasteiger partial charge in [0.05, 0.1) is 12.2 Å². The van der Waals surface area contributed by atoms with E-state index in [0.717, 1.165) is 36.1 Å². The zero-order valence-electron chi connectivity index (χ0n) is 12.6. The third-order valence-electron chi connectivity index (χ3n) is 3.91. The predicted molar refractivity (Wildman–Crippen MR) is 84.0 cm³/mol. The summed E-state index contributed by atoms with van der Waals surface area (Å²) in [7, 11) is 0. The van der Waals surface area contributed by atoms with E-state index in [-0.39, 0.29) is 11.5 Å². The van der Waals surface area contributed by atoms with E-state index in [9.17, 15) is 9.59 Å². The van der Waals surface area contributed by atoms with Gasteiger partial charge in [0, 0.05) is 18.2 Å². The van der Waals surface area contributed by atoms with Crippen LogP contribution in [0.3, 0.4) is 0 Å². The molecule has 0 atom stereocenters. The van der Waals surface area contributed by atoms with Crippen molar-refractivity contribution >= 4 is 5.91 Å². The number of carbonyl (C=O) groups excluding carboxylic acids is 1. The molecule has 2 aromatic rings. The van der Waals surface area contributed by atoms with Crippen molar-refractivity contribution in [3.63, 3.8) is 0 Å². The Labute approximate surface area is 129 Å². The van der Waals surface area contributed by atoms with Gasteiger partial charge < -0.3 is 5.32 Å². The second-order valence-electron chi connectivity index (χ2n) is 5.66. The zero-order chi connectivity index (χ0) is 15.5. The van der Waals surface area contributed by atoms with Gasteiger partial charge in [0.1, 0.15) is 0 Å². The molecule has 5 nitrogen and oxygen atoms in total. The molecule has 1 amide bonds. The molecule has 1 aromatic carbocycles. The van der Waals surface area contributed by atoms with Crippen LogP contribution in [0.2, 0.25) is 0 Å². The zero-order valence-corrected chi connectivity index (χ0v) is 12.6. The first kappa shape index (κ1) is 14.5. The van der Waals surface area contributed by atoms with Crippen LogP contribution in [-0.2, 0) is 19.4 Å². The van der Waals surface area contributed by atoms with Crippen molar-refractivity contribution in [2.24, 2.45) is 0 Å². The summed E-state index contributed by atoms with van der Waals surface area (Å²) in [5.74, 6) is -0.127. The molecule has 0 aliphatic heterocycles. The molecule has 1 heterocycles. The number of amides is 1. The lowest BCUT2D eigenvalue weighted by Gasteiger charge is -2.08. The number of nitrogens with zero attached hydrogens (tertiary/aromatic N) is 2. The molecular formula is C17H19N3O2. The Kier molecular flexibility index (Phi) is 4.04. The Bertz CT molecular complexity index is 765. The quantitative estimate of drug-likeness (QED) is 0.929. The highest BCUT2D eigenvalue weighted by atomic mass is 16.1. The molecule has 114 valence electrons. The summed E-state index contributed by atoms with van der Waals surface area (Å²) in [6, 6.07) is 9.11. The maximum absolute atomic E-state index is 12.0. The number of rotatable bonds is 4. The standard InChI is InChI=1S/C17H19N3O2/c1-12-4-2-6-14(10-12)17(22)18-8-9-20-16(21)11-13-5-3-7-15(13)19-20/h2,4,6,10-11H,3,5,7-9H2,1H3,(H,18,22). The third kappa shape index (κ3) is 3.08. The van der Waals surface area contributed by atoms with E-state index in [1.165, 1.54) is 4.68 Å². The number of hydrogen-bond donors (Lipinski definition) is 1. The SMILES string of the molecule is Cc1cccc(C(=O)NCCn2nc3c(cc2=O)CCC3)c1. The first-order valence-corrected chi connectivity index (χ1v) is 7.58. The van der Waals surface area contributed by atoms with Gasteiger partial charge >= 0.3 is 0 Å². The topological polar surface area (TPSA) is 64.0 Å². The van der Waals surface area contributed by atoms with Crippen LogP contribution in [-0.4, -0.2) is 22.2 Å². The molecule has 0 saturated heterocycles. The van der Waals surface area contributed by atoms with Crippen LogP contribution in [0.15, 0.2) is 35.1 Å². The molecule has 0 fully saturated rings. The lowest BCUT2D eigenvalue weighted by atomic mass is 10.1. The fourth-order valence-corrected chi connectivity index (χ4v) is 2.76. The number of aromatic nitrogens is 2. The number of benzene rings is 1. The molecule has 1 aliphatic rings. The Morgan fingerprint density at radius 1 is 1.32 bits per heavy atom. The van der Waals surface area contributed by atoms with Gasteiger partial charge in [-0.3, -0.25) is 9.59 Å². The van der Waals surface area contributed by atoms with Gasteiger partial charge in [-0.25, -0.2) is 4.68 Å². The fourth-order valence-electron chi connectivity index (χ4n) is 2.76. The van der Waals surface area contributed by atoms with Crippen LogP contribution < -0.4 is 10.9 Å². The van der Waals surface area contributed by atoms with Crippen molar-refractivity contribution in [1.82, 2.24) is 15.1 Å². The second kappa shape index (κ2) is 6.13. The molecule has 1 N–H and O–H groups in total. The van der Waals surface area contributed by atoms with Gasteiger partial charge in [-0.15, -0.1) is 0 Å². The van der Waals surface area contributed by atoms with E-state index in [0.29, 0.717) is 18.7 Å². The molecule has 1 aliphatic carbocycles. The summed E-state index contributed by atoms with van der Waals surface area (Å²) in [6.45, 7) is 2.73. The number of nitrogens with one attached hydrogen (secondary N) is 1. The van der Waals surface area contributed by atoms with Crippen LogP contribution in [0.1, 0.15) is 33.6 Å². The third-order valence-corrected chi connectivity index (χ3v) is 3.91. The minimum absolute atomic E-state index is 0.0922. The molecular weight excluding hydrogens is 278 g/mol. The summed E-state index contributed by atoms with van der Waals surface area (Å²) in [5, 5.41) is 7.22. The molecule has 3 rings (SSSR count). The van der Waals surface area contributed by atoms with E-state index in [1.807, 2.05) is 25.1 Å². The van der Waals surface area contributed by atoms with E-state index >= 15 is 0 Å². The number of fused-ring (bicyclic) bond motifs is 1. The highest BCUT2D eigenvalue weighted by Gasteiger charge is 2.14. The van der Waals surface area contributed by atoms with Crippen molar-refractivity contribution < 1.29 is 4.79 Å².